The minimum atomic E-state index is 1.05. The third-order valence-corrected chi connectivity index (χ3v) is 4.47. The summed E-state index contributed by atoms with van der Waals surface area (Å²) in [5.74, 6) is 2.37. The molecule has 0 bridgehead atoms. The Morgan fingerprint density at radius 2 is 1.89 bits per heavy atom. The Hall–Kier alpha value is -1.41. The molecule has 3 rings (SSSR count). The van der Waals surface area contributed by atoms with Gasteiger partial charge in [-0.3, -0.25) is 0 Å². The molecule has 0 amide bonds. The molecule has 0 aliphatic heterocycles. The van der Waals surface area contributed by atoms with Gasteiger partial charge in [0.1, 0.15) is 0 Å². The number of anilines is 1. The van der Waals surface area contributed by atoms with Crippen LogP contribution in [-0.2, 0) is 6.42 Å². The van der Waals surface area contributed by atoms with Gasteiger partial charge in [0, 0.05) is 18.0 Å². The smallest absolute Gasteiger partial charge is 0.0343 e. The maximum Gasteiger partial charge on any atom is 0.0343 e. The van der Waals surface area contributed by atoms with Crippen LogP contribution in [-0.4, -0.2) is 18.1 Å². The molecular formula is C17H19NS. The third kappa shape index (κ3) is 2.64. The molecular weight excluding hydrogens is 250 g/mol. The van der Waals surface area contributed by atoms with E-state index in [0.29, 0.717) is 0 Å². The van der Waals surface area contributed by atoms with Crippen LogP contribution in [0.1, 0.15) is 18.1 Å². The van der Waals surface area contributed by atoms with E-state index >= 15 is 0 Å². The van der Waals surface area contributed by atoms with Crippen LogP contribution >= 0.6 is 11.8 Å². The minimum absolute atomic E-state index is 1.05. The maximum absolute atomic E-state index is 3.52. The van der Waals surface area contributed by atoms with Crippen LogP contribution in [0.25, 0.3) is 11.1 Å². The third-order valence-electron chi connectivity index (χ3n) is 3.57. The predicted molar refractivity (Wildman–Crippen MR) is 86.2 cm³/mol. The van der Waals surface area contributed by atoms with Crippen molar-refractivity contribution in [1.82, 2.24) is 0 Å². The molecule has 1 aliphatic rings. The molecule has 0 spiro atoms. The first-order valence-electron chi connectivity index (χ1n) is 6.91. The Morgan fingerprint density at radius 3 is 2.79 bits per heavy atom. The van der Waals surface area contributed by atoms with E-state index in [1.54, 1.807) is 0 Å². The molecule has 1 nitrogen and oxygen atoms in total. The topological polar surface area (TPSA) is 12.0 Å². The first-order valence-corrected chi connectivity index (χ1v) is 8.07. The van der Waals surface area contributed by atoms with E-state index in [-0.39, 0.29) is 0 Å². The molecule has 2 aromatic carbocycles. The van der Waals surface area contributed by atoms with Gasteiger partial charge in [-0.05, 0) is 46.6 Å². The zero-order valence-corrected chi connectivity index (χ0v) is 12.1. The van der Waals surface area contributed by atoms with Crippen LogP contribution in [0.15, 0.2) is 42.5 Å². The van der Waals surface area contributed by atoms with E-state index < -0.39 is 0 Å². The summed E-state index contributed by atoms with van der Waals surface area (Å²) in [6.07, 6.45) is 1.07. The fourth-order valence-electron chi connectivity index (χ4n) is 2.67. The highest BCUT2D eigenvalue weighted by molar-refractivity contribution is 7.99. The minimum Gasteiger partial charge on any atom is -0.384 e. The van der Waals surface area contributed by atoms with E-state index in [2.05, 4.69) is 54.7 Å². The molecule has 0 radical (unpaired) electrons. The Labute approximate surface area is 119 Å². The van der Waals surface area contributed by atoms with E-state index in [0.717, 1.165) is 13.0 Å². The summed E-state index contributed by atoms with van der Waals surface area (Å²) in [7, 11) is 0. The molecule has 0 heterocycles. The normalized spacial score (nSPS) is 12.1. The molecule has 2 aromatic rings. The number of nitrogens with one attached hydrogen (secondary N) is 1. The van der Waals surface area contributed by atoms with Gasteiger partial charge in [0.2, 0.25) is 0 Å². The average Bonchev–Trinajstić information content (AvgIpc) is 2.81. The van der Waals surface area contributed by atoms with Gasteiger partial charge in [0.25, 0.3) is 0 Å². The molecule has 0 unspecified atom stereocenters. The number of benzene rings is 2. The lowest BCUT2D eigenvalue weighted by atomic mass is 10.1. The summed E-state index contributed by atoms with van der Waals surface area (Å²) in [5, 5.41) is 3.52. The van der Waals surface area contributed by atoms with Crippen molar-refractivity contribution in [2.45, 2.75) is 13.3 Å². The molecule has 19 heavy (non-hydrogen) atoms. The van der Waals surface area contributed by atoms with Crippen molar-refractivity contribution in [1.29, 1.82) is 0 Å². The first-order chi connectivity index (χ1) is 9.38. The molecule has 0 saturated carbocycles. The van der Waals surface area contributed by atoms with Crippen molar-refractivity contribution < 1.29 is 0 Å². The molecule has 98 valence electrons. The Bertz CT molecular complexity index is 577. The lowest BCUT2D eigenvalue weighted by Gasteiger charge is -2.08. The monoisotopic (exact) mass is 269 g/mol. The summed E-state index contributed by atoms with van der Waals surface area (Å²) in [6, 6.07) is 15.5. The van der Waals surface area contributed by atoms with Crippen molar-refractivity contribution >= 4 is 17.4 Å². The van der Waals surface area contributed by atoms with E-state index in [1.165, 1.54) is 39.4 Å². The molecule has 0 saturated heterocycles. The van der Waals surface area contributed by atoms with Crippen molar-refractivity contribution in [3.63, 3.8) is 0 Å². The molecule has 2 heteroatoms. The maximum atomic E-state index is 3.52. The number of rotatable bonds is 5. The highest BCUT2D eigenvalue weighted by atomic mass is 32.2. The summed E-state index contributed by atoms with van der Waals surface area (Å²) in [4.78, 5) is 0. The van der Waals surface area contributed by atoms with Crippen LogP contribution < -0.4 is 5.32 Å². The van der Waals surface area contributed by atoms with Gasteiger partial charge in [-0.2, -0.15) is 11.8 Å². The van der Waals surface area contributed by atoms with Crippen LogP contribution in [0.3, 0.4) is 0 Å². The molecule has 0 fully saturated rings. The number of thioether (sulfide) groups is 1. The van der Waals surface area contributed by atoms with Gasteiger partial charge in [-0.1, -0.05) is 37.3 Å². The Balaban J connectivity index is 1.74. The van der Waals surface area contributed by atoms with Crippen molar-refractivity contribution in [3.8, 4) is 11.1 Å². The highest BCUT2D eigenvalue weighted by Gasteiger charge is 2.17. The van der Waals surface area contributed by atoms with Gasteiger partial charge in [-0.15, -0.1) is 0 Å². The highest BCUT2D eigenvalue weighted by Crippen LogP contribution is 2.37. The zero-order chi connectivity index (χ0) is 13.1. The van der Waals surface area contributed by atoms with Crippen molar-refractivity contribution in [2.24, 2.45) is 0 Å². The van der Waals surface area contributed by atoms with Crippen LogP contribution in [0.5, 0.6) is 0 Å². The van der Waals surface area contributed by atoms with Crippen molar-refractivity contribution in [2.75, 3.05) is 23.4 Å². The summed E-state index contributed by atoms with van der Waals surface area (Å²) >= 11 is 1.98. The van der Waals surface area contributed by atoms with Crippen LogP contribution in [0, 0.1) is 0 Å². The second kappa shape index (κ2) is 5.70. The SMILES string of the molecule is CCSCCNc1ccc2c(c1)Cc1ccccc1-2. The predicted octanol–water partition coefficient (Wildman–Crippen LogP) is 4.42. The molecule has 0 aromatic heterocycles. The number of hydrogen-bond acceptors (Lipinski definition) is 2. The lowest BCUT2D eigenvalue weighted by Crippen LogP contribution is -2.04. The summed E-state index contributed by atoms with van der Waals surface area (Å²) < 4.78 is 0. The molecule has 1 aliphatic carbocycles. The van der Waals surface area contributed by atoms with Gasteiger partial charge < -0.3 is 5.32 Å². The zero-order valence-electron chi connectivity index (χ0n) is 11.3. The first kappa shape index (κ1) is 12.6. The summed E-state index contributed by atoms with van der Waals surface area (Å²) in [6.45, 7) is 3.25. The van der Waals surface area contributed by atoms with Gasteiger partial charge in [0.15, 0.2) is 0 Å². The van der Waals surface area contributed by atoms with Crippen molar-refractivity contribution in [3.05, 3.63) is 53.6 Å². The van der Waals surface area contributed by atoms with Gasteiger partial charge >= 0.3 is 0 Å². The fraction of sp³-hybridized carbons (Fsp3) is 0.294. The second-order valence-corrected chi connectivity index (χ2v) is 6.22. The van der Waals surface area contributed by atoms with Crippen LogP contribution in [0.2, 0.25) is 0 Å². The fourth-order valence-corrected chi connectivity index (χ4v) is 3.20. The van der Waals surface area contributed by atoms with Gasteiger partial charge in [-0.25, -0.2) is 0 Å². The molecule has 0 atom stereocenters. The van der Waals surface area contributed by atoms with Gasteiger partial charge in [0.05, 0.1) is 0 Å². The Morgan fingerprint density at radius 1 is 1.05 bits per heavy atom. The quantitative estimate of drug-likeness (QED) is 0.688. The average molecular weight is 269 g/mol. The summed E-state index contributed by atoms with van der Waals surface area (Å²) in [5.41, 5.74) is 6.98. The van der Waals surface area contributed by atoms with E-state index in [1.807, 2.05) is 11.8 Å². The lowest BCUT2D eigenvalue weighted by molar-refractivity contribution is 1.21. The largest absolute Gasteiger partial charge is 0.384 e. The second-order valence-electron chi connectivity index (χ2n) is 4.83. The number of fused-ring (bicyclic) bond motifs is 3. The van der Waals surface area contributed by atoms with Crippen LogP contribution in [0.4, 0.5) is 5.69 Å². The van der Waals surface area contributed by atoms with E-state index in [4.69, 9.17) is 0 Å². The van der Waals surface area contributed by atoms with E-state index in [9.17, 15) is 0 Å². The molecule has 1 N–H and O–H groups in total. The standard InChI is InChI=1S/C17H19NS/c1-2-19-10-9-18-15-7-8-17-14(12-15)11-13-5-3-4-6-16(13)17/h3-8,12,18H,2,9-11H2,1H3. The number of hydrogen-bond donors (Lipinski definition) is 1. The Kier molecular flexibility index (Phi) is 3.79.